The molecule has 26 heavy (non-hydrogen) atoms. The van der Waals surface area contributed by atoms with E-state index >= 15 is 0 Å². The molecule has 2 amide bonds. The quantitative estimate of drug-likeness (QED) is 0.835. The summed E-state index contributed by atoms with van der Waals surface area (Å²) in [6.45, 7) is 6.20. The minimum atomic E-state index is -0.164. The Hall–Kier alpha value is -2.50. The number of anilines is 2. The molecule has 1 unspecified atom stereocenters. The molecule has 1 saturated heterocycles. The lowest BCUT2D eigenvalue weighted by Gasteiger charge is -2.19. The molecule has 0 aliphatic carbocycles. The van der Waals surface area contributed by atoms with Gasteiger partial charge in [-0.15, -0.1) is 0 Å². The second-order valence-corrected chi connectivity index (χ2v) is 7.44. The molecule has 0 radical (unpaired) electrons. The number of nitrogens with one attached hydrogen (secondary N) is 2. The van der Waals surface area contributed by atoms with E-state index < -0.39 is 0 Å². The number of amides is 2. The average molecular weight is 355 g/mol. The largest absolute Gasteiger partial charge is 0.369 e. The lowest BCUT2D eigenvalue weighted by molar-refractivity contribution is 0.249. The third kappa shape index (κ3) is 4.77. The van der Waals surface area contributed by atoms with Gasteiger partial charge < -0.3 is 10.2 Å². The zero-order valence-corrected chi connectivity index (χ0v) is 15.9. The molecular formula is C20H29N5O. The summed E-state index contributed by atoms with van der Waals surface area (Å²) in [6.07, 6.45) is 2.98. The van der Waals surface area contributed by atoms with Crippen LogP contribution >= 0.6 is 0 Å². The Labute approximate surface area is 155 Å². The van der Waals surface area contributed by atoms with Gasteiger partial charge in [-0.25, -0.2) is 4.79 Å². The van der Waals surface area contributed by atoms with Crippen molar-refractivity contribution in [3.8, 4) is 0 Å². The van der Waals surface area contributed by atoms with Gasteiger partial charge in [-0.3, -0.25) is 10.00 Å². The molecule has 140 valence electrons. The van der Waals surface area contributed by atoms with E-state index in [0.29, 0.717) is 5.92 Å². The highest BCUT2D eigenvalue weighted by Gasteiger charge is 2.24. The first-order chi connectivity index (χ1) is 12.5. The van der Waals surface area contributed by atoms with Crippen molar-refractivity contribution in [1.29, 1.82) is 0 Å². The number of hydrogen-bond acceptors (Lipinski definition) is 3. The molecule has 0 saturated carbocycles. The summed E-state index contributed by atoms with van der Waals surface area (Å²) in [5.74, 6) is 1.38. The Balaban J connectivity index is 1.50. The highest BCUT2D eigenvalue weighted by atomic mass is 16.2. The third-order valence-electron chi connectivity index (χ3n) is 4.79. The van der Waals surface area contributed by atoms with Crippen molar-refractivity contribution in [2.75, 3.05) is 23.3 Å². The lowest BCUT2D eigenvalue weighted by Crippen LogP contribution is -2.40. The smallest absolute Gasteiger partial charge is 0.320 e. The van der Waals surface area contributed by atoms with Crippen LogP contribution in [0.25, 0.3) is 0 Å². The van der Waals surface area contributed by atoms with E-state index in [-0.39, 0.29) is 12.1 Å². The normalized spacial score (nSPS) is 16.9. The van der Waals surface area contributed by atoms with Gasteiger partial charge in [0.25, 0.3) is 0 Å². The van der Waals surface area contributed by atoms with Crippen LogP contribution in [0.3, 0.4) is 0 Å². The molecule has 6 nitrogen and oxygen atoms in total. The summed E-state index contributed by atoms with van der Waals surface area (Å²) in [4.78, 5) is 14.7. The average Bonchev–Trinajstić information content (AvgIpc) is 3.21. The summed E-state index contributed by atoms with van der Waals surface area (Å²) in [6, 6.07) is 12.3. The maximum Gasteiger partial charge on any atom is 0.320 e. The van der Waals surface area contributed by atoms with E-state index in [0.717, 1.165) is 43.9 Å². The molecule has 1 atom stereocenters. The van der Waals surface area contributed by atoms with E-state index in [2.05, 4.69) is 46.6 Å². The topological polar surface area (TPSA) is 62.2 Å². The number of hydrogen-bond donors (Lipinski definition) is 2. The fraction of sp³-hybridized carbons (Fsp3) is 0.500. The molecule has 2 heterocycles. The number of carbonyl (C=O) groups is 1. The van der Waals surface area contributed by atoms with Crippen molar-refractivity contribution >= 4 is 17.5 Å². The predicted octanol–water partition coefficient (Wildman–Crippen LogP) is 3.41. The Bertz CT molecular complexity index is 725. The van der Waals surface area contributed by atoms with Crippen molar-refractivity contribution < 1.29 is 4.79 Å². The molecule has 3 rings (SSSR count). The Morgan fingerprint density at radius 2 is 2.08 bits per heavy atom. The molecule has 1 aliphatic heterocycles. The maximum absolute atomic E-state index is 12.4. The van der Waals surface area contributed by atoms with Gasteiger partial charge in [-0.05, 0) is 37.3 Å². The van der Waals surface area contributed by atoms with Crippen LogP contribution in [0, 0.1) is 5.92 Å². The number of carbonyl (C=O) groups excluding carboxylic acids is 1. The van der Waals surface area contributed by atoms with Gasteiger partial charge in [-0.1, -0.05) is 32.0 Å². The first kappa shape index (κ1) is 18.3. The predicted molar refractivity (Wildman–Crippen MR) is 106 cm³/mol. The van der Waals surface area contributed by atoms with Gasteiger partial charge in [-0.2, -0.15) is 5.10 Å². The Morgan fingerprint density at radius 1 is 1.31 bits per heavy atom. The van der Waals surface area contributed by atoms with Gasteiger partial charge in [0.15, 0.2) is 0 Å². The first-order valence-electron chi connectivity index (χ1n) is 9.41. The van der Waals surface area contributed by atoms with Gasteiger partial charge in [0.05, 0.1) is 5.69 Å². The molecular weight excluding hydrogens is 326 g/mol. The van der Waals surface area contributed by atoms with E-state index in [4.69, 9.17) is 0 Å². The van der Waals surface area contributed by atoms with Crippen LogP contribution in [0.4, 0.5) is 16.3 Å². The second kappa shape index (κ2) is 8.25. The minimum absolute atomic E-state index is 0.156. The fourth-order valence-corrected chi connectivity index (χ4v) is 3.29. The van der Waals surface area contributed by atoms with E-state index in [1.165, 1.54) is 5.69 Å². The van der Waals surface area contributed by atoms with Crippen molar-refractivity contribution in [3.05, 3.63) is 42.1 Å². The number of aryl methyl sites for hydroxylation is 2. The van der Waals surface area contributed by atoms with Gasteiger partial charge in [0.1, 0.15) is 5.82 Å². The fourth-order valence-electron chi connectivity index (χ4n) is 3.29. The van der Waals surface area contributed by atoms with Crippen LogP contribution in [-0.4, -0.2) is 34.9 Å². The first-order valence-corrected chi connectivity index (χ1v) is 9.41. The number of rotatable bonds is 6. The number of benzene rings is 1. The minimum Gasteiger partial charge on any atom is -0.369 e. The molecule has 0 spiro atoms. The van der Waals surface area contributed by atoms with Crippen molar-refractivity contribution in [3.63, 3.8) is 0 Å². The monoisotopic (exact) mass is 355 g/mol. The standard InChI is InChI=1S/C20H29N5O/c1-15(2)9-10-16-13-19(24(3)23-16)22-20(26)21-17-11-12-25(14-17)18-7-5-4-6-8-18/h4-8,13,15,17H,9-12,14H2,1-3H3,(H2,21,22,26). The van der Waals surface area contributed by atoms with Crippen molar-refractivity contribution in [2.24, 2.45) is 13.0 Å². The molecule has 1 aromatic heterocycles. The number of aromatic nitrogens is 2. The summed E-state index contributed by atoms with van der Waals surface area (Å²) < 4.78 is 1.74. The zero-order valence-electron chi connectivity index (χ0n) is 15.9. The molecule has 1 fully saturated rings. The van der Waals surface area contributed by atoms with Crippen LogP contribution in [0.15, 0.2) is 36.4 Å². The molecule has 6 heteroatoms. The van der Waals surface area contributed by atoms with Crippen molar-refractivity contribution in [1.82, 2.24) is 15.1 Å². The molecule has 1 aromatic carbocycles. The third-order valence-corrected chi connectivity index (χ3v) is 4.79. The molecule has 2 N–H and O–H groups in total. The van der Waals surface area contributed by atoms with Crippen LogP contribution in [0.2, 0.25) is 0 Å². The van der Waals surface area contributed by atoms with Crippen molar-refractivity contribution in [2.45, 2.75) is 39.2 Å². The van der Waals surface area contributed by atoms with E-state index in [9.17, 15) is 4.79 Å². The van der Waals surface area contributed by atoms with E-state index in [1.54, 1.807) is 4.68 Å². The highest BCUT2D eigenvalue weighted by Crippen LogP contribution is 2.20. The number of para-hydroxylation sites is 1. The zero-order chi connectivity index (χ0) is 18.5. The summed E-state index contributed by atoms with van der Waals surface area (Å²) >= 11 is 0. The lowest BCUT2D eigenvalue weighted by atomic mass is 10.1. The number of urea groups is 1. The van der Waals surface area contributed by atoms with Crippen LogP contribution in [0.1, 0.15) is 32.4 Å². The second-order valence-electron chi connectivity index (χ2n) is 7.44. The highest BCUT2D eigenvalue weighted by molar-refractivity contribution is 5.88. The number of nitrogens with zero attached hydrogens (tertiary/aromatic N) is 3. The maximum atomic E-state index is 12.4. The van der Waals surface area contributed by atoms with Gasteiger partial charge in [0, 0.05) is 37.9 Å². The van der Waals surface area contributed by atoms with Gasteiger partial charge >= 0.3 is 6.03 Å². The molecule has 1 aliphatic rings. The SMILES string of the molecule is CC(C)CCc1cc(NC(=O)NC2CCN(c3ccccc3)C2)n(C)n1. The molecule has 0 bridgehead atoms. The van der Waals surface area contributed by atoms with Gasteiger partial charge in [0.2, 0.25) is 0 Å². The van der Waals surface area contributed by atoms with Crippen LogP contribution < -0.4 is 15.5 Å². The molecule has 2 aromatic rings. The summed E-state index contributed by atoms with van der Waals surface area (Å²) in [5, 5.41) is 10.5. The van der Waals surface area contributed by atoms with Crippen LogP contribution in [-0.2, 0) is 13.5 Å². The Morgan fingerprint density at radius 3 is 2.81 bits per heavy atom. The van der Waals surface area contributed by atoms with E-state index in [1.807, 2.05) is 31.3 Å². The Kier molecular flexibility index (Phi) is 5.81. The summed E-state index contributed by atoms with van der Waals surface area (Å²) in [5.41, 5.74) is 2.23. The van der Waals surface area contributed by atoms with Crippen LogP contribution in [0.5, 0.6) is 0 Å². The summed E-state index contributed by atoms with van der Waals surface area (Å²) in [7, 11) is 1.86.